The second-order valence-electron chi connectivity index (χ2n) is 11.6. The predicted molar refractivity (Wildman–Crippen MR) is 174 cm³/mol. The van der Waals surface area contributed by atoms with E-state index in [1.807, 2.05) is 74.5 Å². The molecule has 9 heteroatoms. The molecule has 1 unspecified atom stereocenters. The molecule has 0 saturated heterocycles. The van der Waals surface area contributed by atoms with Gasteiger partial charge in [-0.3, -0.25) is 13.9 Å². The van der Waals surface area contributed by atoms with Gasteiger partial charge in [-0.15, -0.1) is 0 Å². The van der Waals surface area contributed by atoms with Gasteiger partial charge in [0.05, 0.1) is 11.9 Å². The lowest BCUT2D eigenvalue weighted by atomic mass is 9.94. The van der Waals surface area contributed by atoms with Crippen molar-refractivity contribution in [3.63, 3.8) is 0 Å². The summed E-state index contributed by atoms with van der Waals surface area (Å²) in [6.45, 7) is 3.57. The number of hydrogen-bond acceptors (Lipinski definition) is 4. The number of para-hydroxylation sites is 1. The molecular formula is C34H42ClN3O4S. The zero-order valence-electron chi connectivity index (χ0n) is 25.2. The Balaban J connectivity index is 1.76. The number of nitrogens with zero attached hydrogens (tertiary/aromatic N) is 2. The Morgan fingerprint density at radius 1 is 0.907 bits per heavy atom. The normalized spacial score (nSPS) is 14.7. The van der Waals surface area contributed by atoms with Crippen molar-refractivity contribution in [2.75, 3.05) is 17.1 Å². The summed E-state index contributed by atoms with van der Waals surface area (Å²) >= 11 is 6.56. The molecule has 2 amide bonds. The van der Waals surface area contributed by atoms with E-state index in [9.17, 15) is 18.0 Å². The Labute approximate surface area is 261 Å². The van der Waals surface area contributed by atoms with Crippen molar-refractivity contribution in [3.8, 4) is 0 Å². The smallest absolute Gasteiger partial charge is 0.244 e. The molecule has 0 aliphatic heterocycles. The van der Waals surface area contributed by atoms with Gasteiger partial charge < -0.3 is 10.2 Å². The molecule has 1 fully saturated rings. The quantitative estimate of drug-likeness (QED) is 0.256. The van der Waals surface area contributed by atoms with Crippen LogP contribution in [0.15, 0.2) is 78.9 Å². The maximum atomic E-state index is 14.4. The molecule has 0 spiro atoms. The van der Waals surface area contributed by atoms with Gasteiger partial charge >= 0.3 is 0 Å². The topological polar surface area (TPSA) is 86.8 Å². The number of sulfonamides is 1. The molecule has 0 bridgehead atoms. The maximum Gasteiger partial charge on any atom is 0.244 e. The lowest BCUT2D eigenvalue weighted by molar-refractivity contribution is -0.140. The van der Waals surface area contributed by atoms with Crippen LogP contribution in [0.5, 0.6) is 0 Å². The summed E-state index contributed by atoms with van der Waals surface area (Å²) in [5.41, 5.74) is 2.84. The molecule has 1 atom stereocenters. The van der Waals surface area contributed by atoms with Crippen LogP contribution in [0.25, 0.3) is 0 Å². The van der Waals surface area contributed by atoms with Gasteiger partial charge in [0.25, 0.3) is 0 Å². The third-order valence-electron chi connectivity index (χ3n) is 8.03. The first-order valence-electron chi connectivity index (χ1n) is 15.0. The third-order valence-corrected chi connectivity index (χ3v) is 9.52. The number of benzene rings is 3. The van der Waals surface area contributed by atoms with E-state index in [1.54, 1.807) is 18.2 Å². The fraction of sp³-hybridized carbons (Fsp3) is 0.412. The van der Waals surface area contributed by atoms with Crippen molar-refractivity contribution in [1.29, 1.82) is 0 Å². The first kappa shape index (κ1) is 32.6. The van der Waals surface area contributed by atoms with E-state index in [0.717, 1.165) is 53.8 Å². The maximum absolute atomic E-state index is 14.4. The van der Waals surface area contributed by atoms with Crippen molar-refractivity contribution >= 4 is 39.1 Å². The minimum atomic E-state index is -3.85. The van der Waals surface area contributed by atoms with Crippen LogP contribution in [-0.2, 0) is 32.6 Å². The van der Waals surface area contributed by atoms with Gasteiger partial charge in [0, 0.05) is 24.0 Å². The van der Waals surface area contributed by atoms with E-state index in [0.29, 0.717) is 16.3 Å². The van der Waals surface area contributed by atoms with Crippen LogP contribution < -0.4 is 9.62 Å². The molecule has 3 aromatic rings. The van der Waals surface area contributed by atoms with Gasteiger partial charge in [-0.2, -0.15) is 0 Å². The molecule has 1 saturated carbocycles. The Hall–Kier alpha value is -3.36. The molecule has 0 heterocycles. The summed E-state index contributed by atoms with van der Waals surface area (Å²) in [4.78, 5) is 30.0. The molecule has 4 rings (SSSR count). The Morgan fingerprint density at radius 3 is 2.19 bits per heavy atom. The largest absolute Gasteiger partial charge is 0.352 e. The average Bonchev–Trinajstić information content (AvgIpc) is 2.99. The fourth-order valence-corrected chi connectivity index (χ4v) is 6.77. The first-order valence-corrected chi connectivity index (χ1v) is 17.2. The molecule has 1 aliphatic rings. The van der Waals surface area contributed by atoms with Crippen molar-refractivity contribution in [3.05, 3.63) is 101 Å². The van der Waals surface area contributed by atoms with E-state index in [-0.39, 0.29) is 30.8 Å². The highest BCUT2D eigenvalue weighted by atomic mass is 35.5. The van der Waals surface area contributed by atoms with Crippen LogP contribution in [0.3, 0.4) is 0 Å². The average molecular weight is 624 g/mol. The summed E-state index contributed by atoms with van der Waals surface area (Å²) in [5, 5.41) is 3.69. The van der Waals surface area contributed by atoms with E-state index >= 15 is 0 Å². The van der Waals surface area contributed by atoms with Crippen LogP contribution in [0, 0.1) is 0 Å². The zero-order valence-corrected chi connectivity index (χ0v) is 26.8. The molecule has 0 aromatic heterocycles. The minimum Gasteiger partial charge on any atom is -0.352 e. The molecule has 0 radical (unpaired) electrons. The van der Waals surface area contributed by atoms with E-state index < -0.39 is 28.5 Å². The zero-order chi connectivity index (χ0) is 31.0. The number of rotatable bonds is 12. The van der Waals surface area contributed by atoms with Gasteiger partial charge in [-0.05, 0) is 47.6 Å². The van der Waals surface area contributed by atoms with Crippen molar-refractivity contribution in [1.82, 2.24) is 10.2 Å². The fourth-order valence-electron chi connectivity index (χ4n) is 5.71. The van der Waals surface area contributed by atoms with Gasteiger partial charge in [-0.25, -0.2) is 8.42 Å². The summed E-state index contributed by atoms with van der Waals surface area (Å²) < 4.78 is 27.5. The number of halogens is 1. The second kappa shape index (κ2) is 14.9. The van der Waals surface area contributed by atoms with Crippen molar-refractivity contribution in [2.24, 2.45) is 0 Å². The summed E-state index contributed by atoms with van der Waals surface area (Å²) in [6.07, 6.45) is 6.43. The highest BCUT2D eigenvalue weighted by Gasteiger charge is 2.34. The molecule has 43 heavy (non-hydrogen) atoms. The van der Waals surface area contributed by atoms with Gasteiger partial charge in [0.15, 0.2) is 0 Å². The van der Waals surface area contributed by atoms with E-state index in [2.05, 4.69) is 5.32 Å². The number of carbonyl (C=O) groups excluding carboxylic acids is 2. The number of carbonyl (C=O) groups is 2. The van der Waals surface area contributed by atoms with E-state index in [1.165, 1.54) is 4.90 Å². The van der Waals surface area contributed by atoms with Crippen molar-refractivity contribution in [2.45, 2.75) is 76.9 Å². The SMILES string of the molecule is CC(C)c1ccccc1N(CC(=O)N(Cc1ccccc1Cl)C(Cc1ccccc1)C(=O)NC1CCCCC1)S(C)(=O)=O. The highest BCUT2D eigenvalue weighted by molar-refractivity contribution is 7.92. The Morgan fingerprint density at radius 2 is 1.53 bits per heavy atom. The molecular weight excluding hydrogens is 582 g/mol. The van der Waals surface area contributed by atoms with Crippen LogP contribution in [-0.4, -0.2) is 50.0 Å². The predicted octanol–water partition coefficient (Wildman–Crippen LogP) is 6.32. The molecule has 230 valence electrons. The van der Waals surface area contributed by atoms with Gasteiger partial charge in [0.1, 0.15) is 12.6 Å². The lowest BCUT2D eigenvalue weighted by Gasteiger charge is -2.35. The monoisotopic (exact) mass is 623 g/mol. The van der Waals surface area contributed by atoms with Gasteiger partial charge in [0.2, 0.25) is 21.8 Å². The lowest BCUT2D eigenvalue weighted by Crippen LogP contribution is -2.55. The van der Waals surface area contributed by atoms with Crippen molar-refractivity contribution < 1.29 is 18.0 Å². The number of anilines is 1. The second-order valence-corrected chi connectivity index (χ2v) is 14.0. The van der Waals surface area contributed by atoms with E-state index in [4.69, 9.17) is 11.6 Å². The number of amides is 2. The van der Waals surface area contributed by atoms with Crippen LogP contribution in [0.4, 0.5) is 5.69 Å². The molecule has 3 aromatic carbocycles. The number of nitrogens with one attached hydrogen (secondary N) is 1. The summed E-state index contributed by atoms with van der Waals surface area (Å²) in [7, 11) is -3.85. The Kier molecular flexibility index (Phi) is 11.3. The van der Waals surface area contributed by atoms with Crippen LogP contribution >= 0.6 is 11.6 Å². The molecule has 7 nitrogen and oxygen atoms in total. The molecule has 1 aliphatic carbocycles. The van der Waals surface area contributed by atoms with Crippen LogP contribution in [0.1, 0.15) is 68.6 Å². The summed E-state index contributed by atoms with van der Waals surface area (Å²) in [6, 6.07) is 23.2. The Bertz CT molecular complexity index is 1490. The molecule has 1 N–H and O–H groups in total. The standard InChI is InChI=1S/C34H42ClN3O4S/c1-25(2)29-19-11-13-21-31(29)38(43(3,41)42)24-33(39)37(23-27-16-10-12-20-30(27)35)32(22-26-14-6-4-7-15-26)34(40)36-28-17-8-5-9-18-28/h4,6-7,10-16,19-21,25,28,32H,5,8-9,17-18,22-24H2,1-3H3,(H,36,40). The minimum absolute atomic E-state index is 0.0295. The van der Waals surface area contributed by atoms with Crippen LogP contribution in [0.2, 0.25) is 5.02 Å². The van der Waals surface area contributed by atoms with Gasteiger partial charge in [-0.1, -0.05) is 111 Å². The third kappa shape index (κ3) is 8.83. The highest BCUT2D eigenvalue weighted by Crippen LogP contribution is 2.30. The first-order chi connectivity index (χ1) is 20.5. The summed E-state index contributed by atoms with van der Waals surface area (Å²) in [5.74, 6) is -0.699. The number of hydrogen-bond donors (Lipinski definition) is 1.